The fraction of sp³-hybridized carbons (Fsp3) is 1.00. The smallest absolute Gasteiger partial charge is 1.00 e. The van der Waals surface area contributed by atoms with E-state index in [2.05, 4.69) is 0 Å². The Morgan fingerprint density at radius 1 is 0.571 bits per heavy atom. The Kier molecular flexibility index (Phi) is 6.59. The van der Waals surface area contributed by atoms with Crippen LogP contribution in [0.4, 0.5) is 0 Å². The van der Waals surface area contributed by atoms with Gasteiger partial charge in [-0.1, -0.05) is 0 Å². The number of halogens is 1. The van der Waals surface area contributed by atoms with Crippen molar-refractivity contribution in [1.82, 2.24) is 0 Å². The normalized spacial score (nSPS) is 25.1. The van der Waals surface area contributed by atoms with Crippen molar-refractivity contribution in [3.05, 3.63) is 0 Å². The Balaban J connectivity index is 0.000000980. The van der Waals surface area contributed by atoms with E-state index >= 15 is 0 Å². The monoisotopic (exact) mass is 228 g/mol. The van der Waals surface area contributed by atoms with Crippen LogP contribution in [-0.4, -0.2) is 15.2 Å². The molecule has 0 heterocycles. The van der Waals surface area contributed by atoms with E-state index in [1.165, 1.54) is 22.4 Å². The van der Waals surface area contributed by atoms with Crippen LogP contribution >= 0.6 is 0 Å². The van der Waals surface area contributed by atoms with E-state index in [1.54, 1.807) is 51.4 Å². The molecule has 0 aromatic heterocycles. The molecule has 80 valence electrons. The molecular formula is C12H22AlCl. The zero-order valence-electron chi connectivity index (χ0n) is 9.18. The molecule has 0 nitrogen and oxygen atoms in total. The van der Waals surface area contributed by atoms with Gasteiger partial charge < -0.3 is 12.4 Å². The molecule has 0 atom stereocenters. The fourth-order valence-electron chi connectivity index (χ4n) is 3.04. The maximum absolute atomic E-state index is 1.59. The minimum absolute atomic E-state index is 0. The van der Waals surface area contributed by atoms with Crippen molar-refractivity contribution in [3.8, 4) is 0 Å². The summed E-state index contributed by atoms with van der Waals surface area (Å²) in [4.78, 5) is 0. The van der Waals surface area contributed by atoms with Gasteiger partial charge in [0.15, 0.2) is 0 Å². The third-order valence-corrected chi connectivity index (χ3v) is 6.27. The zero-order valence-corrected chi connectivity index (χ0v) is 11.1. The number of hydrogen-bond acceptors (Lipinski definition) is 0. The van der Waals surface area contributed by atoms with E-state index in [1.807, 2.05) is 0 Å². The van der Waals surface area contributed by atoms with Crippen LogP contribution in [0.3, 0.4) is 0 Å². The third-order valence-electron chi connectivity index (χ3n) is 3.84. The maximum atomic E-state index is 1.59. The van der Waals surface area contributed by atoms with Crippen molar-refractivity contribution >= 4 is 15.2 Å². The predicted octanol–water partition coefficient (Wildman–Crippen LogP) is 1.20. The Morgan fingerprint density at radius 3 is 1.29 bits per heavy atom. The van der Waals surface area contributed by atoms with Gasteiger partial charge >= 0.3 is 89.0 Å². The first-order valence-electron chi connectivity index (χ1n) is 6.30. The van der Waals surface area contributed by atoms with Crippen LogP contribution < -0.4 is 12.4 Å². The van der Waals surface area contributed by atoms with Gasteiger partial charge in [0, 0.05) is 0 Å². The molecule has 2 fully saturated rings. The average molecular weight is 229 g/mol. The molecule has 0 aromatic carbocycles. The van der Waals surface area contributed by atoms with Crippen LogP contribution in [0.15, 0.2) is 0 Å². The molecule has 0 N–H and O–H groups in total. The van der Waals surface area contributed by atoms with E-state index in [0.717, 1.165) is 15.2 Å². The Morgan fingerprint density at radius 2 is 0.929 bits per heavy atom. The molecule has 2 heteroatoms. The van der Waals surface area contributed by atoms with Crippen LogP contribution in [0.5, 0.6) is 0 Å². The molecule has 2 rings (SSSR count). The first-order chi connectivity index (χ1) is 6.45. The standard InChI is InChI=1S/2C6H11.Al.ClH/c2*1-2-4-6-5-3-1;;/h2*1H,2-6H2;;1H/q;;+1;/p-1. The molecule has 14 heavy (non-hydrogen) atoms. The second kappa shape index (κ2) is 7.15. The molecule has 0 aromatic rings. The van der Waals surface area contributed by atoms with E-state index in [-0.39, 0.29) is 12.4 Å². The Hall–Kier alpha value is 0.822. The van der Waals surface area contributed by atoms with Gasteiger partial charge in [0.25, 0.3) is 0 Å². The number of hydrogen-bond donors (Lipinski definition) is 0. The summed E-state index contributed by atoms with van der Waals surface area (Å²) >= 11 is 0.825. The minimum atomic E-state index is 0. The van der Waals surface area contributed by atoms with Crippen molar-refractivity contribution in [2.75, 3.05) is 0 Å². The second-order valence-electron chi connectivity index (χ2n) is 4.99. The molecule has 0 radical (unpaired) electrons. The van der Waals surface area contributed by atoms with Gasteiger partial charge in [-0.15, -0.1) is 0 Å². The Bertz CT molecular complexity index is 121. The maximum Gasteiger partial charge on any atom is -1.00 e. The summed E-state index contributed by atoms with van der Waals surface area (Å²) in [5.41, 5.74) is 0. The minimum Gasteiger partial charge on any atom is -1.00 e. The first kappa shape index (κ1) is 12.9. The molecule has 2 aliphatic rings. The first-order valence-corrected chi connectivity index (χ1v) is 7.63. The van der Waals surface area contributed by atoms with Gasteiger partial charge in [-0.2, -0.15) is 0 Å². The zero-order chi connectivity index (χ0) is 8.93. The predicted molar refractivity (Wildman–Crippen MR) is 59.4 cm³/mol. The van der Waals surface area contributed by atoms with Crippen molar-refractivity contribution < 1.29 is 12.4 Å². The van der Waals surface area contributed by atoms with E-state index < -0.39 is 0 Å². The van der Waals surface area contributed by atoms with E-state index in [9.17, 15) is 0 Å². The molecule has 0 amide bonds. The quantitative estimate of drug-likeness (QED) is 0.624. The summed E-state index contributed by atoms with van der Waals surface area (Å²) in [7, 11) is 0. The Labute approximate surface area is 101 Å². The van der Waals surface area contributed by atoms with Crippen LogP contribution in [0, 0.1) is 0 Å². The largest absolute Gasteiger partial charge is 1.00 e. The van der Waals surface area contributed by atoms with Gasteiger partial charge in [0.05, 0.1) is 0 Å². The van der Waals surface area contributed by atoms with E-state index in [4.69, 9.17) is 0 Å². The number of rotatable bonds is 2. The molecular weight excluding hydrogens is 207 g/mol. The van der Waals surface area contributed by atoms with Gasteiger partial charge in [0.2, 0.25) is 0 Å². The van der Waals surface area contributed by atoms with Crippen molar-refractivity contribution in [2.45, 2.75) is 73.8 Å². The van der Waals surface area contributed by atoms with Gasteiger partial charge in [-0.25, -0.2) is 0 Å². The van der Waals surface area contributed by atoms with Crippen LogP contribution in [0.1, 0.15) is 64.2 Å². The molecule has 0 saturated heterocycles. The topological polar surface area (TPSA) is 0 Å². The second-order valence-corrected chi connectivity index (χ2v) is 7.26. The molecule has 0 spiro atoms. The molecule has 0 unspecified atom stereocenters. The van der Waals surface area contributed by atoms with Crippen molar-refractivity contribution in [1.29, 1.82) is 0 Å². The molecule has 2 aliphatic carbocycles. The SMILES string of the molecule is C1CC[CH]([Al+][CH]2CCCCC2)CC1.[Cl-]. The molecule has 0 aliphatic heterocycles. The summed E-state index contributed by atoms with van der Waals surface area (Å²) < 4.78 is 2.41. The van der Waals surface area contributed by atoms with Gasteiger partial charge in [0.1, 0.15) is 0 Å². The third kappa shape index (κ3) is 4.13. The average Bonchev–Trinajstić information content (AvgIpc) is 2.21. The van der Waals surface area contributed by atoms with E-state index in [0.29, 0.717) is 0 Å². The summed E-state index contributed by atoms with van der Waals surface area (Å²) in [5, 5.41) is 0. The molecule has 0 bridgehead atoms. The van der Waals surface area contributed by atoms with Crippen molar-refractivity contribution in [3.63, 3.8) is 0 Å². The van der Waals surface area contributed by atoms with Crippen LogP contribution in [-0.2, 0) is 0 Å². The summed E-state index contributed by atoms with van der Waals surface area (Å²) in [6.45, 7) is 0. The van der Waals surface area contributed by atoms with Gasteiger partial charge in [-0.05, 0) is 0 Å². The van der Waals surface area contributed by atoms with Gasteiger partial charge in [-0.3, -0.25) is 0 Å². The van der Waals surface area contributed by atoms with Crippen LogP contribution in [0.25, 0.3) is 0 Å². The summed E-state index contributed by atoms with van der Waals surface area (Å²) in [6.07, 6.45) is 15.6. The van der Waals surface area contributed by atoms with Crippen molar-refractivity contribution in [2.24, 2.45) is 0 Å². The summed E-state index contributed by atoms with van der Waals surface area (Å²) in [5.74, 6) is 0. The molecule has 2 saturated carbocycles. The van der Waals surface area contributed by atoms with Crippen LogP contribution in [0.2, 0.25) is 9.56 Å². The fourth-order valence-corrected chi connectivity index (χ4v) is 5.52. The summed E-state index contributed by atoms with van der Waals surface area (Å²) in [6, 6.07) is 0.